The molecular formula is C14H13FO4. The lowest BCUT2D eigenvalue weighted by atomic mass is 10.3. The summed E-state index contributed by atoms with van der Waals surface area (Å²) in [5.74, 6) is -0.380. The highest BCUT2D eigenvalue weighted by molar-refractivity contribution is 5.86. The number of carbonyl (C=O) groups excluding carboxylic acids is 1. The molecule has 2 rings (SSSR count). The first-order chi connectivity index (χ1) is 9.11. The molecule has 0 N–H and O–H groups in total. The molecule has 0 radical (unpaired) electrons. The number of furan rings is 1. The first kappa shape index (κ1) is 13.1. The molecule has 2 aromatic rings. The van der Waals surface area contributed by atoms with E-state index in [4.69, 9.17) is 9.15 Å². The molecule has 0 saturated heterocycles. The third-order valence-electron chi connectivity index (χ3n) is 2.55. The van der Waals surface area contributed by atoms with Gasteiger partial charge in [0.1, 0.15) is 5.76 Å². The first-order valence-corrected chi connectivity index (χ1v) is 5.71. The first-order valence-electron chi connectivity index (χ1n) is 5.71. The van der Waals surface area contributed by atoms with Crippen LogP contribution in [0.3, 0.4) is 0 Å². The van der Waals surface area contributed by atoms with Crippen molar-refractivity contribution in [1.29, 1.82) is 0 Å². The van der Waals surface area contributed by atoms with Gasteiger partial charge in [0.05, 0.1) is 7.11 Å². The lowest BCUT2D eigenvalue weighted by molar-refractivity contribution is 0.0558. The van der Waals surface area contributed by atoms with E-state index in [-0.39, 0.29) is 11.5 Å². The number of carbonyl (C=O) groups is 1. The van der Waals surface area contributed by atoms with Gasteiger partial charge >= 0.3 is 5.97 Å². The Hall–Kier alpha value is -2.30. The van der Waals surface area contributed by atoms with E-state index in [2.05, 4.69) is 4.74 Å². The standard InChI is InChI=1S/C14H13FO4/c1-9(18-12-6-4-3-5-10(12)15)11-7-8-13(19-11)14(16)17-2/h3-9H,1-2H3. The minimum absolute atomic E-state index is 0.0847. The van der Waals surface area contributed by atoms with E-state index in [0.29, 0.717) is 5.76 Å². The quantitative estimate of drug-likeness (QED) is 0.794. The van der Waals surface area contributed by atoms with Crippen LogP contribution in [-0.4, -0.2) is 13.1 Å². The van der Waals surface area contributed by atoms with Gasteiger partial charge in [0.15, 0.2) is 17.7 Å². The molecule has 0 aliphatic rings. The zero-order valence-corrected chi connectivity index (χ0v) is 10.6. The predicted octanol–water partition coefficient (Wildman–Crippen LogP) is 3.35. The molecule has 0 aliphatic heterocycles. The molecule has 0 spiro atoms. The van der Waals surface area contributed by atoms with E-state index in [0.717, 1.165) is 0 Å². The van der Waals surface area contributed by atoms with Crippen molar-refractivity contribution in [2.45, 2.75) is 13.0 Å². The van der Waals surface area contributed by atoms with E-state index in [1.807, 2.05) is 0 Å². The zero-order chi connectivity index (χ0) is 13.8. The SMILES string of the molecule is COC(=O)c1ccc(C(C)Oc2ccccc2F)o1. The molecule has 1 heterocycles. The second-order valence-electron chi connectivity index (χ2n) is 3.88. The van der Waals surface area contributed by atoms with Crippen molar-refractivity contribution in [1.82, 2.24) is 0 Å². The van der Waals surface area contributed by atoms with Crippen molar-refractivity contribution in [3.05, 3.63) is 53.7 Å². The van der Waals surface area contributed by atoms with Crippen molar-refractivity contribution < 1.29 is 23.1 Å². The van der Waals surface area contributed by atoms with E-state index < -0.39 is 17.9 Å². The van der Waals surface area contributed by atoms with Crippen LogP contribution in [-0.2, 0) is 4.74 Å². The highest BCUT2D eigenvalue weighted by Gasteiger charge is 2.17. The lowest BCUT2D eigenvalue weighted by Gasteiger charge is -2.12. The van der Waals surface area contributed by atoms with Crippen LogP contribution in [0.4, 0.5) is 4.39 Å². The van der Waals surface area contributed by atoms with Crippen LogP contribution in [0.2, 0.25) is 0 Å². The number of esters is 1. The molecule has 5 heteroatoms. The van der Waals surface area contributed by atoms with Crippen LogP contribution < -0.4 is 4.74 Å². The summed E-state index contributed by atoms with van der Waals surface area (Å²) in [6.45, 7) is 1.70. The van der Waals surface area contributed by atoms with E-state index in [1.54, 1.807) is 25.1 Å². The van der Waals surface area contributed by atoms with Gasteiger partial charge in [-0.1, -0.05) is 12.1 Å². The smallest absolute Gasteiger partial charge is 0.373 e. The highest BCUT2D eigenvalue weighted by atomic mass is 19.1. The zero-order valence-electron chi connectivity index (χ0n) is 10.6. The molecule has 0 saturated carbocycles. The fraction of sp³-hybridized carbons (Fsp3) is 0.214. The summed E-state index contributed by atoms with van der Waals surface area (Å²) in [4.78, 5) is 11.2. The number of hydrogen-bond donors (Lipinski definition) is 0. The average molecular weight is 264 g/mol. The maximum atomic E-state index is 13.4. The molecule has 4 nitrogen and oxygen atoms in total. The largest absolute Gasteiger partial charge is 0.480 e. The molecule has 0 amide bonds. The summed E-state index contributed by atoms with van der Waals surface area (Å²) < 4.78 is 28.7. The van der Waals surface area contributed by atoms with Gasteiger partial charge in [-0.2, -0.15) is 0 Å². The molecule has 0 fully saturated rings. The van der Waals surface area contributed by atoms with Crippen LogP contribution in [0.5, 0.6) is 5.75 Å². The summed E-state index contributed by atoms with van der Waals surface area (Å²) in [5, 5.41) is 0. The Morgan fingerprint density at radius 1 is 1.26 bits per heavy atom. The maximum Gasteiger partial charge on any atom is 0.373 e. The number of rotatable bonds is 4. The van der Waals surface area contributed by atoms with E-state index in [9.17, 15) is 9.18 Å². The number of methoxy groups -OCH3 is 1. The summed E-state index contributed by atoms with van der Waals surface area (Å²) >= 11 is 0. The summed E-state index contributed by atoms with van der Waals surface area (Å²) in [6.07, 6.45) is -0.518. The topological polar surface area (TPSA) is 48.7 Å². The average Bonchev–Trinajstić information content (AvgIpc) is 2.90. The number of benzene rings is 1. The van der Waals surface area contributed by atoms with Crippen LogP contribution in [0.15, 0.2) is 40.8 Å². The molecule has 1 aromatic heterocycles. The normalized spacial score (nSPS) is 11.9. The molecule has 0 aliphatic carbocycles. The minimum atomic E-state index is -0.565. The van der Waals surface area contributed by atoms with Gasteiger partial charge < -0.3 is 13.9 Å². The van der Waals surface area contributed by atoms with Gasteiger partial charge in [0, 0.05) is 0 Å². The van der Waals surface area contributed by atoms with Crippen molar-refractivity contribution in [2.75, 3.05) is 7.11 Å². The maximum absolute atomic E-state index is 13.4. The Labute approximate surface area is 109 Å². The Morgan fingerprint density at radius 3 is 2.68 bits per heavy atom. The fourth-order valence-electron chi connectivity index (χ4n) is 1.57. The van der Waals surface area contributed by atoms with Crippen LogP contribution in [0.25, 0.3) is 0 Å². The second kappa shape index (κ2) is 5.56. The monoisotopic (exact) mass is 264 g/mol. The molecule has 1 aromatic carbocycles. The van der Waals surface area contributed by atoms with Gasteiger partial charge in [-0.15, -0.1) is 0 Å². The number of para-hydroxylation sites is 1. The van der Waals surface area contributed by atoms with E-state index >= 15 is 0 Å². The Morgan fingerprint density at radius 2 is 2.00 bits per heavy atom. The molecule has 0 bridgehead atoms. The van der Waals surface area contributed by atoms with Crippen molar-refractivity contribution >= 4 is 5.97 Å². The predicted molar refractivity (Wildman–Crippen MR) is 65.5 cm³/mol. The van der Waals surface area contributed by atoms with Crippen molar-refractivity contribution in [3.8, 4) is 5.75 Å². The minimum Gasteiger partial charge on any atom is -0.480 e. The highest BCUT2D eigenvalue weighted by Crippen LogP contribution is 2.25. The molecule has 1 unspecified atom stereocenters. The van der Waals surface area contributed by atoms with Crippen LogP contribution in [0, 0.1) is 5.82 Å². The summed E-state index contributed by atoms with van der Waals surface area (Å²) in [6, 6.07) is 9.17. The molecule has 19 heavy (non-hydrogen) atoms. The van der Waals surface area contributed by atoms with Crippen molar-refractivity contribution in [2.24, 2.45) is 0 Å². The lowest BCUT2D eigenvalue weighted by Crippen LogP contribution is -2.03. The Balaban J connectivity index is 2.12. The van der Waals surface area contributed by atoms with Gasteiger partial charge in [-0.3, -0.25) is 0 Å². The third kappa shape index (κ3) is 2.93. The van der Waals surface area contributed by atoms with Crippen LogP contribution in [0.1, 0.15) is 29.3 Å². The van der Waals surface area contributed by atoms with Gasteiger partial charge in [0.2, 0.25) is 5.76 Å². The second-order valence-corrected chi connectivity index (χ2v) is 3.88. The van der Waals surface area contributed by atoms with Crippen molar-refractivity contribution in [3.63, 3.8) is 0 Å². The number of ether oxygens (including phenoxy) is 2. The number of hydrogen-bond acceptors (Lipinski definition) is 4. The van der Waals surface area contributed by atoms with E-state index in [1.165, 1.54) is 25.3 Å². The molecule has 100 valence electrons. The Bertz CT molecular complexity index is 576. The Kier molecular flexibility index (Phi) is 3.85. The molecular weight excluding hydrogens is 251 g/mol. The number of halogens is 1. The van der Waals surface area contributed by atoms with Gasteiger partial charge in [0.25, 0.3) is 0 Å². The van der Waals surface area contributed by atoms with Gasteiger partial charge in [-0.25, -0.2) is 9.18 Å². The molecule has 1 atom stereocenters. The third-order valence-corrected chi connectivity index (χ3v) is 2.55. The van der Waals surface area contributed by atoms with Gasteiger partial charge in [-0.05, 0) is 31.2 Å². The van der Waals surface area contributed by atoms with Crippen LogP contribution >= 0.6 is 0 Å². The summed E-state index contributed by atoms with van der Waals surface area (Å²) in [7, 11) is 1.27. The summed E-state index contributed by atoms with van der Waals surface area (Å²) in [5.41, 5.74) is 0. The fourth-order valence-corrected chi connectivity index (χ4v) is 1.57.